The van der Waals surface area contributed by atoms with Crippen molar-refractivity contribution in [2.24, 2.45) is 4.99 Å². The van der Waals surface area contributed by atoms with Gasteiger partial charge in [0, 0.05) is 39.4 Å². The van der Waals surface area contributed by atoms with Crippen molar-refractivity contribution in [3.63, 3.8) is 0 Å². The molecule has 1 aromatic carbocycles. The van der Waals surface area contributed by atoms with Gasteiger partial charge in [-0.05, 0) is 25.0 Å². The summed E-state index contributed by atoms with van der Waals surface area (Å²) < 4.78 is 10.4. The summed E-state index contributed by atoms with van der Waals surface area (Å²) in [5.74, 6) is 1.68. The molecule has 21 heavy (non-hydrogen) atoms. The van der Waals surface area contributed by atoms with E-state index in [-0.39, 0.29) is 24.0 Å². The van der Waals surface area contributed by atoms with Gasteiger partial charge in [0.2, 0.25) is 0 Å². The minimum Gasteiger partial charge on any atom is -0.496 e. The SMILES string of the molecule is CN=C(NCCCOC)NCc1ccc(C)cc1OC.I. The molecule has 120 valence electrons. The molecule has 0 aliphatic heterocycles. The van der Waals surface area contributed by atoms with Crippen LogP contribution in [0.4, 0.5) is 0 Å². The van der Waals surface area contributed by atoms with Crippen LogP contribution in [0.5, 0.6) is 5.75 Å². The van der Waals surface area contributed by atoms with Crippen LogP contribution in [0.3, 0.4) is 0 Å². The number of hydrogen-bond donors (Lipinski definition) is 2. The first-order valence-electron chi connectivity index (χ1n) is 6.78. The highest BCUT2D eigenvalue weighted by molar-refractivity contribution is 14.0. The van der Waals surface area contributed by atoms with Crippen molar-refractivity contribution in [2.75, 3.05) is 34.4 Å². The van der Waals surface area contributed by atoms with Crippen molar-refractivity contribution < 1.29 is 9.47 Å². The third kappa shape index (κ3) is 7.52. The zero-order chi connectivity index (χ0) is 14.8. The summed E-state index contributed by atoms with van der Waals surface area (Å²) in [6.07, 6.45) is 0.949. The lowest BCUT2D eigenvalue weighted by Gasteiger charge is -2.14. The Morgan fingerprint density at radius 1 is 1.24 bits per heavy atom. The molecule has 0 unspecified atom stereocenters. The van der Waals surface area contributed by atoms with E-state index in [0.29, 0.717) is 6.54 Å². The number of halogens is 1. The van der Waals surface area contributed by atoms with Crippen LogP contribution < -0.4 is 15.4 Å². The van der Waals surface area contributed by atoms with Gasteiger partial charge in [-0.15, -0.1) is 24.0 Å². The molecule has 0 radical (unpaired) electrons. The van der Waals surface area contributed by atoms with Gasteiger partial charge in [0.25, 0.3) is 0 Å². The average molecular weight is 407 g/mol. The molecular formula is C15H26IN3O2. The molecule has 0 bridgehead atoms. The standard InChI is InChI=1S/C15H25N3O2.HI/c1-12-6-7-13(14(10-12)20-4)11-18-15(16-2)17-8-5-9-19-3;/h6-7,10H,5,8-9,11H2,1-4H3,(H2,16,17,18);1H. The van der Waals surface area contributed by atoms with Gasteiger partial charge in [0.05, 0.1) is 7.11 Å². The lowest BCUT2D eigenvalue weighted by atomic mass is 10.1. The van der Waals surface area contributed by atoms with Gasteiger partial charge in [0.15, 0.2) is 5.96 Å². The molecule has 0 aromatic heterocycles. The average Bonchev–Trinajstić information content (AvgIpc) is 2.47. The van der Waals surface area contributed by atoms with E-state index < -0.39 is 0 Å². The Hall–Kier alpha value is -1.02. The molecular weight excluding hydrogens is 381 g/mol. The maximum atomic E-state index is 5.39. The Bertz CT molecular complexity index is 439. The molecule has 5 nitrogen and oxygen atoms in total. The summed E-state index contributed by atoms with van der Waals surface area (Å²) in [5, 5.41) is 6.52. The predicted molar refractivity (Wildman–Crippen MR) is 97.8 cm³/mol. The van der Waals surface area contributed by atoms with Crippen molar-refractivity contribution in [1.82, 2.24) is 10.6 Å². The van der Waals surface area contributed by atoms with Crippen LogP contribution in [-0.2, 0) is 11.3 Å². The molecule has 2 N–H and O–H groups in total. The fourth-order valence-electron chi connectivity index (χ4n) is 1.82. The summed E-state index contributed by atoms with van der Waals surface area (Å²) in [6.45, 7) is 4.30. The normalized spacial score (nSPS) is 10.8. The summed E-state index contributed by atoms with van der Waals surface area (Å²) >= 11 is 0. The molecule has 0 aliphatic rings. The minimum absolute atomic E-state index is 0. The van der Waals surface area contributed by atoms with E-state index in [9.17, 15) is 0 Å². The number of methoxy groups -OCH3 is 2. The van der Waals surface area contributed by atoms with Crippen LogP contribution in [-0.4, -0.2) is 40.4 Å². The first-order valence-corrected chi connectivity index (χ1v) is 6.78. The van der Waals surface area contributed by atoms with Crippen molar-refractivity contribution in [3.8, 4) is 5.75 Å². The van der Waals surface area contributed by atoms with E-state index in [2.05, 4.69) is 34.7 Å². The quantitative estimate of drug-likeness (QED) is 0.315. The molecule has 1 aromatic rings. The topological polar surface area (TPSA) is 54.9 Å². The number of rotatable bonds is 7. The number of guanidine groups is 1. The number of aryl methyl sites for hydroxylation is 1. The monoisotopic (exact) mass is 407 g/mol. The maximum Gasteiger partial charge on any atom is 0.191 e. The predicted octanol–water partition coefficient (Wildman–Crippen LogP) is 2.32. The molecule has 0 saturated carbocycles. The molecule has 6 heteroatoms. The van der Waals surface area contributed by atoms with Gasteiger partial charge < -0.3 is 20.1 Å². The fraction of sp³-hybridized carbons (Fsp3) is 0.533. The van der Waals surface area contributed by atoms with Crippen molar-refractivity contribution >= 4 is 29.9 Å². The van der Waals surface area contributed by atoms with Crippen molar-refractivity contribution in [2.45, 2.75) is 19.9 Å². The van der Waals surface area contributed by atoms with Crippen LogP contribution in [0.2, 0.25) is 0 Å². The van der Waals surface area contributed by atoms with E-state index in [1.165, 1.54) is 5.56 Å². The van der Waals surface area contributed by atoms with Crippen LogP contribution in [0, 0.1) is 6.92 Å². The molecule has 0 aliphatic carbocycles. The summed E-state index contributed by atoms with van der Waals surface area (Å²) in [7, 11) is 5.16. The zero-order valence-corrected chi connectivity index (χ0v) is 15.6. The number of ether oxygens (including phenoxy) is 2. The highest BCUT2D eigenvalue weighted by Crippen LogP contribution is 2.19. The second-order valence-electron chi connectivity index (χ2n) is 4.51. The Balaban J connectivity index is 0.00000400. The van der Waals surface area contributed by atoms with Crippen LogP contribution >= 0.6 is 24.0 Å². The number of aliphatic imine (C=N–C) groups is 1. The van der Waals surface area contributed by atoms with Crippen molar-refractivity contribution in [3.05, 3.63) is 29.3 Å². The highest BCUT2D eigenvalue weighted by Gasteiger charge is 2.04. The molecule has 0 amide bonds. The van der Waals surface area contributed by atoms with Crippen LogP contribution in [0.25, 0.3) is 0 Å². The third-order valence-corrected chi connectivity index (χ3v) is 2.93. The van der Waals surface area contributed by atoms with Gasteiger partial charge in [-0.1, -0.05) is 12.1 Å². The molecule has 0 fully saturated rings. The number of nitrogens with zero attached hydrogens (tertiary/aromatic N) is 1. The third-order valence-electron chi connectivity index (χ3n) is 2.93. The van der Waals surface area contributed by atoms with E-state index in [1.54, 1.807) is 21.3 Å². The summed E-state index contributed by atoms with van der Waals surface area (Å²) in [5.41, 5.74) is 2.30. The van der Waals surface area contributed by atoms with Crippen molar-refractivity contribution in [1.29, 1.82) is 0 Å². The number of hydrogen-bond acceptors (Lipinski definition) is 3. The molecule has 0 atom stereocenters. The molecule has 0 saturated heterocycles. The van der Waals surface area contributed by atoms with Gasteiger partial charge in [-0.3, -0.25) is 4.99 Å². The van der Waals surface area contributed by atoms with Crippen LogP contribution in [0.1, 0.15) is 17.5 Å². The van der Waals surface area contributed by atoms with E-state index in [4.69, 9.17) is 9.47 Å². The Kier molecular flexibility index (Phi) is 11.1. The smallest absolute Gasteiger partial charge is 0.191 e. The van der Waals surface area contributed by atoms with Gasteiger partial charge in [-0.2, -0.15) is 0 Å². The molecule has 0 heterocycles. The van der Waals surface area contributed by atoms with Gasteiger partial charge in [0.1, 0.15) is 5.75 Å². The van der Waals surface area contributed by atoms with Gasteiger partial charge in [-0.25, -0.2) is 0 Å². The van der Waals surface area contributed by atoms with E-state index in [1.807, 2.05) is 6.07 Å². The Morgan fingerprint density at radius 3 is 2.62 bits per heavy atom. The second-order valence-corrected chi connectivity index (χ2v) is 4.51. The Morgan fingerprint density at radius 2 is 2.00 bits per heavy atom. The summed E-state index contributed by atoms with van der Waals surface area (Å²) in [4.78, 5) is 4.19. The lowest BCUT2D eigenvalue weighted by Crippen LogP contribution is -2.37. The second kappa shape index (κ2) is 11.6. The maximum absolute atomic E-state index is 5.39. The lowest BCUT2D eigenvalue weighted by molar-refractivity contribution is 0.195. The fourth-order valence-corrected chi connectivity index (χ4v) is 1.82. The van der Waals surface area contributed by atoms with E-state index >= 15 is 0 Å². The number of benzene rings is 1. The zero-order valence-electron chi connectivity index (χ0n) is 13.2. The first-order chi connectivity index (χ1) is 9.71. The van der Waals surface area contributed by atoms with Gasteiger partial charge >= 0.3 is 0 Å². The molecule has 1 rings (SSSR count). The highest BCUT2D eigenvalue weighted by atomic mass is 127. The Labute approximate surface area is 144 Å². The minimum atomic E-state index is 0. The van der Waals surface area contributed by atoms with E-state index in [0.717, 1.165) is 36.8 Å². The van der Waals surface area contributed by atoms with Crippen LogP contribution in [0.15, 0.2) is 23.2 Å². The summed E-state index contributed by atoms with van der Waals surface area (Å²) in [6, 6.07) is 6.18. The largest absolute Gasteiger partial charge is 0.496 e. The number of nitrogens with one attached hydrogen (secondary N) is 2. The first kappa shape index (κ1) is 20.0. The molecule has 0 spiro atoms.